The zero-order chi connectivity index (χ0) is 19.8. The van der Waals surface area contributed by atoms with E-state index in [4.69, 9.17) is 11.6 Å². The number of carbonyl (C=O) groups is 1. The number of halogens is 2. The summed E-state index contributed by atoms with van der Waals surface area (Å²) in [5, 5.41) is 0.220. The first-order chi connectivity index (χ1) is 12.8. The van der Waals surface area contributed by atoms with Crippen molar-refractivity contribution in [2.45, 2.75) is 25.2 Å². The van der Waals surface area contributed by atoms with Gasteiger partial charge in [0.05, 0.1) is 10.5 Å². The number of nitrogens with zero attached hydrogens (tertiary/aromatic N) is 2. The molecule has 0 saturated heterocycles. The largest absolute Gasteiger partial charge is 0.308 e. The van der Waals surface area contributed by atoms with Crippen LogP contribution in [0.15, 0.2) is 41.3 Å². The highest BCUT2D eigenvalue weighted by Gasteiger charge is 2.30. The molecule has 2 aromatic carbocycles. The lowest BCUT2D eigenvalue weighted by Crippen LogP contribution is -2.31. The Hall–Kier alpha value is -1.96. The van der Waals surface area contributed by atoms with Crippen LogP contribution in [-0.2, 0) is 16.4 Å². The van der Waals surface area contributed by atoms with Crippen LogP contribution in [0.3, 0.4) is 0 Å². The van der Waals surface area contributed by atoms with E-state index in [0.717, 1.165) is 11.6 Å². The molecule has 0 aromatic heterocycles. The van der Waals surface area contributed by atoms with Crippen molar-refractivity contribution in [2.24, 2.45) is 0 Å². The first-order valence-electron chi connectivity index (χ1n) is 8.69. The van der Waals surface area contributed by atoms with E-state index in [-0.39, 0.29) is 15.5 Å². The summed E-state index contributed by atoms with van der Waals surface area (Å²) in [7, 11) is -3.57. The van der Waals surface area contributed by atoms with Gasteiger partial charge in [-0.25, -0.2) is 12.8 Å². The number of rotatable bonds is 5. The Labute approximate surface area is 163 Å². The van der Waals surface area contributed by atoms with Gasteiger partial charge in [0.1, 0.15) is 5.82 Å². The van der Waals surface area contributed by atoms with Gasteiger partial charge in [-0.15, -0.1) is 0 Å². The summed E-state index contributed by atoms with van der Waals surface area (Å²) in [4.78, 5) is 14.4. The minimum absolute atomic E-state index is 0.0629. The van der Waals surface area contributed by atoms with Crippen LogP contribution in [0.4, 0.5) is 10.1 Å². The maximum atomic E-state index is 14.1. The second-order valence-corrected chi connectivity index (χ2v) is 8.59. The molecule has 8 heteroatoms. The van der Waals surface area contributed by atoms with Gasteiger partial charge < -0.3 is 4.90 Å². The third-order valence-corrected chi connectivity index (χ3v) is 6.98. The van der Waals surface area contributed by atoms with E-state index in [1.165, 1.54) is 27.4 Å². The molecule has 1 aliphatic heterocycles. The minimum Gasteiger partial charge on any atom is -0.308 e. The highest BCUT2D eigenvalue weighted by atomic mass is 35.5. The molecule has 1 aliphatic rings. The first kappa shape index (κ1) is 19.8. The third-order valence-electron chi connectivity index (χ3n) is 4.70. The monoisotopic (exact) mass is 410 g/mol. The summed E-state index contributed by atoms with van der Waals surface area (Å²) in [6.45, 7) is 4.71. The lowest BCUT2D eigenvalue weighted by atomic mass is 10.1. The molecule has 144 valence electrons. The van der Waals surface area contributed by atoms with E-state index in [1.54, 1.807) is 26.0 Å². The van der Waals surface area contributed by atoms with Crippen molar-refractivity contribution in [3.05, 3.63) is 58.4 Å². The van der Waals surface area contributed by atoms with Crippen molar-refractivity contribution < 1.29 is 17.6 Å². The molecule has 0 atom stereocenters. The number of anilines is 1. The number of carbonyl (C=O) groups excluding carboxylic acids is 1. The summed E-state index contributed by atoms with van der Waals surface area (Å²) >= 11 is 5.75. The summed E-state index contributed by atoms with van der Waals surface area (Å²) in [6, 6.07) is 8.65. The highest BCUT2D eigenvalue weighted by molar-refractivity contribution is 7.89. The van der Waals surface area contributed by atoms with Gasteiger partial charge in [0.15, 0.2) is 0 Å². The van der Waals surface area contributed by atoms with Gasteiger partial charge in [-0.2, -0.15) is 4.31 Å². The Morgan fingerprint density at radius 3 is 2.52 bits per heavy atom. The lowest BCUT2D eigenvalue weighted by Gasteiger charge is -2.20. The molecule has 27 heavy (non-hydrogen) atoms. The van der Waals surface area contributed by atoms with Crippen LogP contribution in [0.25, 0.3) is 0 Å². The second kappa shape index (κ2) is 7.58. The van der Waals surface area contributed by atoms with Gasteiger partial charge in [-0.1, -0.05) is 25.4 Å². The van der Waals surface area contributed by atoms with Crippen molar-refractivity contribution in [3.8, 4) is 0 Å². The molecule has 0 N–H and O–H groups in total. The van der Waals surface area contributed by atoms with Crippen molar-refractivity contribution >= 4 is 33.2 Å². The fourth-order valence-corrected chi connectivity index (χ4v) is 4.94. The molecule has 0 unspecified atom stereocenters. The van der Waals surface area contributed by atoms with E-state index in [0.29, 0.717) is 31.7 Å². The number of benzene rings is 2. The van der Waals surface area contributed by atoms with E-state index in [2.05, 4.69) is 0 Å². The second-order valence-electron chi connectivity index (χ2n) is 6.21. The average Bonchev–Trinajstić information content (AvgIpc) is 3.05. The molecular formula is C19H20ClFN2O3S. The number of sulfonamides is 1. The van der Waals surface area contributed by atoms with E-state index in [1.807, 2.05) is 0 Å². The molecule has 0 aliphatic carbocycles. The molecular weight excluding hydrogens is 391 g/mol. The van der Waals surface area contributed by atoms with Gasteiger partial charge in [-0.3, -0.25) is 4.79 Å². The Bertz CT molecular complexity index is 990. The Morgan fingerprint density at radius 1 is 1.19 bits per heavy atom. The van der Waals surface area contributed by atoms with Crippen LogP contribution >= 0.6 is 11.6 Å². The van der Waals surface area contributed by atoms with Crippen molar-refractivity contribution in [3.63, 3.8) is 0 Å². The average molecular weight is 411 g/mol. The van der Waals surface area contributed by atoms with E-state index in [9.17, 15) is 17.6 Å². The molecule has 3 rings (SSSR count). The molecule has 0 radical (unpaired) electrons. The molecule has 2 aromatic rings. The molecule has 1 heterocycles. The van der Waals surface area contributed by atoms with E-state index >= 15 is 0 Å². The summed E-state index contributed by atoms with van der Waals surface area (Å²) in [5.74, 6) is -1.15. The number of fused-ring (bicyclic) bond motifs is 1. The first-order valence-corrected chi connectivity index (χ1v) is 10.5. The lowest BCUT2D eigenvalue weighted by molar-refractivity contribution is 0.0985. The normalized spacial score (nSPS) is 13.9. The van der Waals surface area contributed by atoms with Crippen LogP contribution in [0.1, 0.15) is 29.8 Å². The molecule has 5 nitrogen and oxygen atoms in total. The summed E-state index contributed by atoms with van der Waals surface area (Å²) in [6.07, 6.45) is 0.512. The van der Waals surface area contributed by atoms with Crippen LogP contribution in [0.2, 0.25) is 5.02 Å². The Morgan fingerprint density at radius 2 is 1.89 bits per heavy atom. The van der Waals surface area contributed by atoms with Crippen molar-refractivity contribution in [1.82, 2.24) is 4.31 Å². The third kappa shape index (κ3) is 3.59. The topological polar surface area (TPSA) is 57.7 Å². The van der Waals surface area contributed by atoms with Gasteiger partial charge in [0.25, 0.3) is 5.91 Å². The fraction of sp³-hybridized carbons (Fsp3) is 0.316. The zero-order valence-corrected chi connectivity index (χ0v) is 16.6. The molecule has 1 amide bonds. The van der Waals surface area contributed by atoms with Crippen LogP contribution in [0.5, 0.6) is 0 Å². The van der Waals surface area contributed by atoms with Crippen LogP contribution in [0, 0.1) is 5.82 Å². The van der Waals surface area contributed by atoms with E-state index < -0.39 is 21.7 Å². The van der Waals surface area contributed by atoms with Crippen molar-refractivity contribution in [1.29, 1.82) is 0 Å². The fourth-order valence-electron chi connectivity index (χ4n) is 3.27. The van der Waals surface area contributed by atoms with Gasteiger partial charge in [0, 0.05) is 30.3 Å². The smallest absolute Gasteiger partial charge is 0.261 e. The quantitative estimate of drug-likeness (QED) is 0.755. The zero-order valence-electron chi connectivity index (χ0n) is 15.1. The molecule has 0 saturated carbocycles. The maximum Gasteiger partial charge on any atom is 0.261 e. The Balaban J connectivity index is 1.94. The minimum atomic E-state index is -3.57. The van der Waals surface area contributed by atoms with Crippen LogP contribution < -0.4 is 4.90 Å². The Kier molecular flexibility index (Phi) is 5.55. The summed E-state index contributed by atoms with van der Waals surface area (Å²) < 4.78 is 40.9. The van der Waals surface area contributed by atoms with Gasteiger partial charge in [-0.05, 0) is 48.4 Å². The number of hydrogen-bond donors (Lipinski definition) is 0. The van der Waals surface area contributed by atoms with Gasteiger partial charge in [0.2, 0.25) is 10.0 Å². The standard InChI is InChI=1S/C19H20ClFN2O3S/c1-3-22(4-2)27(25,26)15-6-8-18-13(11-15)9-10-23(18)19(24)16-7-5-14(20)12-17(16)21/h5-8,11-12H,3-4,9-10H2,1-2H3. The molecule has 0 bridgehead atoms. The highest BCUT2D eigenvalue weighted by Crippen LogP contribution is 2.32. The van der Waals surface area contributed by atoms with Crippen LogP contribution in [-0.4, -0.2) is 38.3 Å². The number of amides is 1. The van der Waals surface area contributed by atoms with Gasteiger partial charge >= 0.3 is 0 Å². The molecule has 0 fully saturated rings. The predicted octanol–water partition coefficient (Wildman–Crippen LogP) is 3.71. The predicted molar refractivity (Wildman–Crippen MR) is 103 cm³/mol. The summed E-state index contributed by atoms with van der Waals surface area (Å²) in [5.41, 5.74) is 1.30. The molecule has 0 spiro atoms. The number of hydrogen-bond acceptors (Lipinski definition) is 3. The maximum absolute atomic E-state index is 14.1. The SMILES string of the molecule is CCN(CC)S(=O)(=O)c1ccc2c(c1)CCN2C(=O)c1ccc(Cl)cc1F. The van der Waals surface area contributed by atoms with Crippen molar-refractivity contribution in [2.75, 3.05) is 24.5 Å².